The summed E-state index contributed by atoms with van der Waals surface area (Å²) in [6, 6.07) is 13.7. The Morgan fingerprint density at radius 2 is 1.79 bits per heavy atom. The van der Waals surface area contributed by atoms with E-state index < -0.39 is 5.91 Å². The van der Waals surface area contributed by atoms with Crippen LogP contribution in [-0.4, -0.2) is 15.9 Å². The lowest BCUT2D eigenvalue weighted by molar-refractivity contribution is 0.100. The van der Waals surface area contributed by atoms with Crippen LogP contribution in [-0.2, 0) is 0 Å². The van der Waals surface area contributed by atoms with Crippen molar-refractivity contribution in [1.29, 1.82) is 0 Å². The van der Waals surface area contributed by atoms with Crippen molar-refractivity contribution < 1.29 is 4.79 Å². The summed E-state index contributed by atoms with van der Waals surface area (Å²) < 4.78 is 0. The van der Waals surface area contributed by atoms with E-state index in [1.54, 1.807) is 54.7 Å². The molecule has 120 valence electrons. The molecule has 1 heterocycles. The molecule has 3 N–H and O–H groups in total. The van der Waals surface area contributed by atoms with Crippen LogP contribution in [0.15, 0.2) is 54.7 Å². The Morgan fingerprint density at radius 1 is 1.04 bits per heavy atom. The second kappa shape index (κ2) is 6.86. The zero-order valence-electron chi connectivity index (χ0n) is 12.3. The van der Waals surface area contributed by atoms with Gasteiger partial charge in [-0.2, -0.15) is 0 Å². The van der Waals surface area contributed by atoms with Crippen molar-refractivity contribution in [3.05, 3.63) is 70.3 Å². The highest BCUT2D eigenvalue weighted by atomic mass is 35.5. The van der Waals surface area contributed by atoms with E-state index in [4.69, 9.17) is 28.9 Å². The van der Waals surface area contributed by atoms with Crippen LogP contribution in [0.3, 0.4) is 0 Å². The van der Waals surface area contributed by atoms with Crippen molar-refractivity contribution in [2.45, 2.75) is 0 Å². The molecule has 0 aliphatic rings. The number of benzene rings is 2. The third kappa shape index (κ3) is 3.64. The molecule has 0 unspecified atom stereocenters. The molecule has 0 fully saturated rings. The summed E-state index contributed by atoms with van der Waals surface area (Å²) in [5, 5.41) is 4.14. The van der Waals surface area contributed by atoms with E-state index in [1.165, 1.54) is 0 Å². The van der Waals surface area contributed by atoms with Crippen LogP contribution in [0, 0.1) is 0 Å². The lowest BCUT2D eigenvalue weighted by Crippen LogP contribution is -2.10. The molecule has 0 aliphatic carbocycles. The number of nitrogens with two attached hydrogens (primary N) is 1. The van der Waals surface area contributed by atoms with Gasteiger partial charge < -0.3 is 11.1 Å². The Hall–Kier alpha value is -2.63. The van der Waals surface area contributed by atoms with E-state index in [0.29, 0.717) is 27.3 Å². The number of nitrogens with one attached hydrogen (secondary N) is 1. The summed E-state index contributed by atoms with van der Waals surface area (Å²) in [4.78, 5) is 19.7. The van der Waals surface area contributed by atoms with Crippen molar-refractivity contribution in [1.82, 2.24) is 9.97 Å². The maximum Gasteiger partial charge on any atom is 0.248 e. The van der Waals surface area contributed by atoms with Crippen LogP contribution < -0.4 is 11.1 Å². The number of amides is 1. The number of carbonyl (C=O) groups excluding carboxylic acids is 1. The number of nitrogens with zero attached hydrogens (tertiary/aromatic N) is 2. The first-order valence-electron chi connectivity index (χ1n) is 6.98. The van der Waals surface area contributed by atoms with Crippen molar-refractivity contribution in [3.8, 4) is 11.3 Å². The number of hydrogen-bond donors (Lipinski definition) is 2. The Kier molecular flexibility index (Phi) is 4.64. The molecule has 1 aromatic heterocycles. The van der Waals surface area contributed by atoms with Crippen LogP contribution in [0.25, 0.3) is 11.3 Å². The van der Waals surface area contributed by atoms with Gasteiger partial charge in [-0.25, -0.2) is 9.97 Å². The largest absolute Gasteiger partial charge is 0.366 e. The van der Waals surface area contributed by atoms with Gasteiger partial charge in [0, 0.05) is 28.0 Å². The van der Waals surface area contributed by atoms with Crippen molar-refractivity contribution in [2.24, 2.45) is 5.73 Å². The van der Waals surface area contributed by atoms with E-state index in [0.717, 1.165) is 11.3 Å². The molecule has 0 spiro atoms. The summed E-state index contributed by atoms with van der Waals surface area (Å²) >= 11 is 12.1. The highest BCUT2D eigenvalue weighted by molar-refractivity contribution is 6.36. The van der Waals surface area contributed by atoms with Crippen LogP contribution in [0.5, 0.6) is 0 Å². The normalized spacial score (nSPS) is 10.4. The molecule has 0 atom stereocenters. The molecule has 3 aromatic rings. The number of halogens is 2. The van der Waals surface area contributed by atoms with Gasteiger partial charge in [0.25, 0.3) is 0 Å². The smallest absolute Gasteiger partial charge is 0.248 e. The number of primary amides is 1. The molecule has 5 nitrogen and oxygen atoms in total. The lowest BCUT2D eigenvalue weighted by atomic mass is 10.1. The van der Waals surface area contributed by atoms with Gasteiger partial charge in [-0.1, -0.05) is 23.2 Å². The summed E-state index contributed by atoms with van der Waals surface area (Å²) in [7, 11) is 0. The molecule has 3 rings (SSSR count). The Bertz CT molecular complexity index is 897. The summed E-state index contributed by atoms with van der Waals surface area (Å²) in [6.45, 7) is 0. The zero-order valence-corrected chi connectivity index (χ0v) is 13.8. The monoisotopic (exact) mass is 358 g/mol. The Labute approximate surface area is 148 Å². The molecule has 2 aromatic carbocycles. The SMILES string of the molecule is NC(=O)c1ccc(Nc2nccc(-c3ccc(Cl)cc3Cl)n2)cc1. The molecule has 24 heavy (non-hydrogen) atoms. The van der Waals surface area contributed by atoms with Crippen LogP contribution in [0.4, 0.5) is 11.6 Å². The maximum atomic E-state index is 11.1. The van der Waals surface area contributed by atoms with Gasteiger partial charge in [-0.15, -0.1) is 0 Å². The number of anilines is 2. The molecule has 0 radical (unpaired) electrons. The summed E-state index contributed by atoms with van der Waals surface area (Å²) in [5.74, 6) is -0.0671. The van der Waals surface area contributed by atoms with Gasteiger partial charge >= 0.3 is 0 Å². The summed E-state index contributed by atoms with van der Waals surface area (Å²) in [5.41, 5.74) is 7.82. The van der Waals surface area contributed by atoms with Crippen molar-refractivity contribution in [3.63, 3.8) is 0 Å². The fourth-order valence-corrected chi connectivity index (χ4v) is 2.62. The predicted octanol–water partition coefficient (Wildman–Crippen LogP) is 4.29. The molecule has 0 bridgehead atoms. The number of carbonyl (C=O) groups is 1. The van der Waals surface area contributed by atoms with Crippen molar-refractivity contribution in [2.75, 3.05) is 5.32 Å². The van der Waals surface area contributed by atoms with E-state index in [-0.39, 0.29) is 0 Å². The molecule has 1 amide bonds. The summed E-state index contributed by atoms with van der Waals surface area (Å²) in [6.07, 6.45) is 1.63. The van der Waals surface area contributed by atoms with E-state index >= 15 is 0 Å². The second-order valence-corrected chi connectivity index (χ2v) is 5.80. The van der Waals surface area contributed by atoms with Gasteiger partial charge in [0.15, 0.2) is 0 Å². The van der Waals surface area contributed by atoms with E-state index in [9.17, 15) is 4.79 Å². The first-order chi connectivity index (χ1) is 11.5. The first-order valence-corrected chi connectivity index (χ1v) is 7.74. The predicted molar refractivity (Wildman–Crippen MR) is 95.7 cm³/mol. The quantitative estimate of drug-likeness (QED) is 0.728. The van der Waals surface area contributed by atoms with Gasteiger partial charge in [-0.05, 0) is 48.5 Å². The Morgan fingerprint density at radius 3 is 2.46 bits per heavy atom. The van der Waals surface area contributed by atoms with Gasteiger partial charge in [-0.3, -0.25) is 4.79 Å². The van der Waals surface area contributed by atoms with E-state index in [2.05, 4.69) is 15.3 Å². The molecule has 7 heteroatoms. The highest BCUT2D eigenvalue weighted by Gasteiger charge is 2.08. The first kappa shape index (κ1) is 16.2. The highest BCUT2D eigenvalue weighted by Crippen LogP contribution is 2.29. The molecule has 0 saturated heterocycles. The number of rotatable bonds is 4. The molecular formula is C17H12Cl2N4O. The Balaban J connectivity index is 1.86. The van der Waals surface area contributed by atoms with Gasteiger partial charge in [0.05, 0.1) is 10.7 Å². The third-order valence-electron chi connectivity index (χ3n) is 3.29. The van der Waals surface area contributed by atoms with Crippen molar-refractivity contribution >= 4 is 40.7 Å². The fourth-order valence-electron chi connectivity index (χ4n) is 2.11. The third-order valence-corrected chi connectivity index (χ3v) is 3.84. The molecule has 0 saturated carbocycles. The van der Waals surface area contributed by atoms with Crippen LogP contribution >= 0.6 is 23.2 Å². The maximum absolute atomic E-state index is 11.1. The van der Waals surface area contributed by atoms with Crippen LogP contribution in [0.1, 0.15) is 10.4 Å². The average Bonchev–Trinajstić information content (AvgIpc) is 2.55. The van der Waals surface area contributed by atoms with Gasteiger partial charge in [0.2, 0.25) is 11.9 Å². The minimum atomic E-state index is -0.475. The lowest BCUT2D eigenvalue weighted by Gasteiger charge is -2.08. The minimum Gasteiger partial charge on any atom is -0.366 e. The molecule has 0 aliphatic heterocycles. The second-order valence-electron chi connectivity index (χ2n) is 4.96. The molecular weight excluding hydrogens is 347 g/mol. The average molecular weight is 359 g/mol. The zero-order chi connectivity index (χ0) is 17.1. The fraction of sp³-hybridized carbons (Fsp3) is 0. The number of hydrogen-bond acceptors (Lipinski definition) is 4. The topological polar surface area (TPSA) is 80.9 Å². The van der Waals surface area contributed by atoms with Gasteiger partial charge in [0.1, 0.15) is 0 Å². The standard InChI is InChI=1S/C17H12Cl2N4O/c18-11-3-6-13(14(19)9-11)15-7-8-21-17(23-15)22-12-4-1-10(2-5-12)16(20)24/h1-9H,(H2,20,24)(H,21,22,23). The van der Waals surface area contributed by atoms with E-state index in [1.807, 2.05) is 0 Å². The van der Waals surface area contributed by atoms with Crippen LogP contribution in [0.2, 0.25) is 10.0 Å². The number of aromatic nitrogens is 2. The minimum absolute atomic E-state index is 0.408.